The fraction of sp³-hybridized carbons (Fsp3) is 0. The van der Waals surface area contributed by atoms with Crippen molar-refractivity contribution in [1.29, 1.82) is 0 Å². The second kappa shape index (κ2) is 3.65. The molecule has 0 radical (unpaired) electrons. The average Bonchev–Trinajstić information content (AvgIpc) is 2.46. The lowest BCUT2D eigenvalue weighted by atomic mass is 10.1. The summed E-state index contributed by atoms with van der Waals surface area (Å²) in [5.41, 5.74) is 1.56. The van der Waals surface area contributed by atoms with Crippen LogP contribution in [-0.2, 0) is 0 Å². The Bertz CT molecular complexity index is 981. The molecule has 0 amide bonds. The molecule has 4 rings (SSSR count). The largest absolute Gasteiger partial charge is 0.268 e. The number of hydrogen-bond acceptors (Lipinski definition) is 2. The van der Waals surface area contributed by atoms with Gasteiger partial charge in [-0.25, -0.2) is 4.98 Å². The normalized spacial score (nSPS) is 11.4. The second-order valence-corrected chi connectivity index (χ2v) is 4.56. The fourth-order valence-electron chi connectivity index (χ4n) is 2.43. The van der Waals surface area contributed by atoms with Crippen LogP contribution in [0.2, 0.25) is 0 Å². The molecule has 0 bridgehead atoms. The first kappa shape index (κ1) is 10.3. The number of fused-ring (bicyclic) bond motifs is 3. The zero-order valence-electron chi connectivity index (χ0n) is 10.1. The van der Waals surface area contributed by atoms with Gasteiger partial charge in [0.2, 0.25) is 0 Å². The fourth-order valence-corrected chi connectivity index (χ4v) is 2.43. The zero-order valence-corrected chi connectivity index (χ0v) is 10.1. The Hall–Kier alpha value is -2.68. The lowest BCUT2D eigenvalue weighted by Gasteiger charge is -2.05. The maximum atomic E-state index is 12.5. The summed E-state index contributed by atoms with van der Waals surface area (Å²) in [7, 11) is 0. The van der Waals surface area contributed by atoms with Crippen LogP contribution in [0.5, 0.6) is 0 Å². The van der Waals surface area contributed by atoms with Gasteiger partial charge < -0.3 is 0 Å². The number of para-hydroxylation sites is 1. The maximum absolute atomic E-state index is 12.5. The number of aromatic nitrogens is 2. The van der Waals surface area contributed by atoms with Gasteiger partial charge >= 0.3 is 0 Å². The standard InChI is InChI=1S/C16H10N2O/c19-16-13-7-3-1-5-11(13)9-15-17-14-8-4-2-6-12(14)10-18(15)16/h1-10H. The highest BCUT2D eigenvalue weighted by atomic mass is 16.1. The van der Waals surface area contributed by atoms with Crippen molar-refractivity contribution in [3.63, 3.8) is 0 Å². The molecule has 19 heavy (non-hydrogen) atoms. The molecule has 2 heterocycles. The summed E-state index contributed by atoms with van der Waals surface area (Å²) in [5, 5.41) is 2.61. The molecule has 0 aliphatic carbocycles. The predicted octanol–water partition coefficient (Wildman–Crippen LogP) is 3.00. The summed E-state index contributed by atoms with van der Waals surface area (Å²) >= 11 is 0. The molecular formula is C16H10N2O. The molecule has 2 aromatic carbocycles. The number of benzene rings is 2. The molecule has 3 nitrogen and oxygen atoms in total. The van der Waals surface area contributed by atoms with E-state index in [1.54, 1.807) is 4.40 Å². The van der Waals surface area contributed by atoms with E-state index in [0.717, 1.165) is 21.7 Å². The van der Waals surface area contributed by atoms with Crippen LogP contribution in [0.15, 0.2) is 65.6 Å². The van der Waals surface area contributed by atoms with Crippen molar-refractivity contribution in [3.05, 3.63) is 71.1 Å². The quantitative estimate of drug-likeness (QED) is 0.447. The van der Waals surface area contributed by atoms with E-state index >= 15 is 0 Å². The van der Waals surface area contributed by atoms with E-state index in [1.807, 2.05) is 60.8 Å². The number of nitrogens with zero attached hydrogens (tertiary/aromatic N) is 2. The Morgan fingerprint density at radius 1 is 0.895 bits per heavy atom. The predicted molar refractivity (Wildman–Crippen MR) is 76.5 cm³/mol. The van der Waals surface area contributed by atoms with Crippen LogP contribution in [0, 0.1) is 0 Å². The van der Waals surface area contributed by atoms with E-state index in [-0.39, 0.29) is 5.56 Å². The van der Waals surface area contributed by atoms with E-state index in [1.165, 1.54) is 0 Å². The van der Waals surface area contributed by atoms with Gasteiger partial charge in [0.05, 0.1) is 5.52 Å². The molecule has 2 aromatic heterocycles. The van der Waals surface area contributed by atoms with E-state index in [0.29, 0.717) is 5.65 Å². The van der Waals surface area contributed by atoms with Crippen LogP contribution in [0.3, 0.4) is 0 Å². The molecule has 3 heteroatoms. The highest BCUT2D eigenvalue weighted by molar-refractivity contribution is 5.87. The van der Waals surface area contributed by atoms with Crippen molar-refractivity contribution in [2.75, 3.05) is 0 Å². The van der Waals surface area contributed by atoms with Crippen LogP contribution < -0.4 is 5.56 Å². The van der Waals surface area contributed by atoms with E-state index in [2.05, 4.69) is 4.98 Å². The summed E-state index contributed by atoms with van der Waals surface area (Å²) in [6, 6.07) is 17.4. The highest BCUT2D eigenvalue weighted by Crippen LogP contribution is 2.15. The van der Waals surface area contributed by atoms with Crippen LogP contribution in [0.1, 0.15) is 0 Å². The summed E-state index contributed by atoms with van der Waals surface area (Å²) < 4.78 is 1.62. The average molecular weight is 246 g/mol. The van der Waals surface area contributed by atoms with Gasteiger partial charge in [-0.05, 0) is 23.6 Å². The van der Waals surface area contributed by atoms with Gasteiger partial charge in [0.15, 0.2) is 0 Å². The second-order valence-electron chi connectivity index (χ2n) is 4.56. The smallest absolute Gasteiger partial charge is 0.264 e. The lowest BCUT2D eigenvalue weighted by molar-refractivity contribution is 1.09. The third-order valence-corrected chi connectivity index (χ3v) is 3.38. The molecule has 0 atom stereocenters. The van der Waals surface area contributed by atoms with Gasteiger partial charge in [0.1, 0.15) is 5.65 Å². The highest BCUT2D eigenvalue weighted by Gasteiger charge is 2.05. The van der Waals surface area contributed by atoms with Crippen molar-refractivity contribution in [3.8, 4) is 0 Å². The minimum absolute atomic E-state index is 0.0219. The van der Waals surface area contributed by atoms with Crippen LogP contribution in [-0.4, -0.2) is 9.38 Å². The van der Waals surface area contributed by atoms with E-state index in [4.69, 9.17) is 0 Å². The van der Waals surface area contributed by atoms with Crippen molar-refractivity contribution < 1.29 is 0 Å². The first-order valence-corrected chi connectivity index (χ1v) is 6.13. The van der Waals surface area contributed by atoms with Gasteiger partial charge in [0, 0.05) is 17.0 Å². The SMILES string of the molecule is O=c1c2ccccc2cc2nc3ccccc3cn12. The zero-order chi connectivity index (χ0) is 12.8. The Morgan fingerprint density at radius 2 is 1.63 bits per heavy atom. The number of hydrogen-bond donors (Lipinski definition) is 0. The molecule has 90 valence electrons. The third-order valence-electron chi connectivity index (χ3n) is 3.38. The number of rotatable bonds is 0. The van der Waals surface area contributed by atoms with Crippen molar-refractivity contribution in [1.82, 2.24) is 9.38 Å². The first-order chi connectivity index (χ1) is 9.33. The Balaban J connectivity index is 2.29. The van der Waals surface area contributed by atoms with Gasteiger partial charge in [0.25, 0.3) is 5.56 Å². The number of pyridine rings is 1. The molecule has 0 saturated heterocycles. The van der Waals surface area contributed by atoms with Gasteiger partial charge in [-0.1, -0.05) is 36.4 Å². The molecule has 0 aliphatic heterocycles. The maximum Gasteiger partial charge on any atom is 0.264 e. The van der Waals surface area contributed by atoms with Crippen LogP contribution >= 0.6 is 0 Å². The van der Waals surface area contributed by atoms with E-state index < -0.39 is 0 Å². The summed E-state index contributed by atoms with van der Waals surface area (Å²) in [6.45, 7) is 0. The molecule has 4 aromatic rings. The van der Waals surface area contributed by atoms with Crippen molar-refractivity contribution in [2.45, 2.75) is 0 Å². The monoisotopic (exact) mass is 246 g/mol. The van der Waals surface area contributed by atoms with Gasteiger partial charge in [-0.3, -0.25) is 9.20 Å². The van der Waals surface area contributed by atoms with Crippen LogP contribution in [0.4, 0.5) is 0 Å². The summed E-state index contributed by atoms with van der Waals surface area (Å²) in [6.07, 6.45) is 1.85. The molecular weight excluding hydrogens is 236 g/mol. The molecule has 0 fully saturated rings. The van der Waals surface area contributed by atoms with E-state index in [9.17, 15) is 4.79 Å². The molecule has 0 unspecified atom stereocenters. The Morgan fingerprint density at radius 3 is 2.53 bits per heavy atom. The molecule has 0 aliphatic rings. The minimum Gasteiger partial charge on any atom is -0.268 e. The first-order valence-electron chi connectivity index (χ1n) is 6.13. The van der Waals surface area contributed by atoms with Crippen molar-refractivity contribution >= 4 is 27.3 Å². The third kappa shape index (κ3) is 1.45. The topological polar surface area (TPSA) is 34.4 Å². The minimum atomic E-state index is -0.0219. The summed E-state index contributed by atoms with van der Waals surface area (Å²) in [4.78, 5) is 17.0. The van der Waals surface area contributed by atoms with Crippen LogP contribution in [0.25, 0.3) is 27.3 Å². The summed E-state index contributed by atoms with van der Waals surface area (Å²) in [5.74, 6) is 0. The van der Waals surface area contributed by atoms with Gasteiger partial charge in [-0.2, -0.15) is 0 Å². The Kier molecular flexibility index (Phi) is 1.97. The molecule has 0 N–H and O–H groups in total. The van der Waals surface area contributed by atoms with Crippen molar-refractivity contribution in [2.24, 2.45) is 0 Å². The molecule has 0 saturated carbocycles. The lowest BCUT2D eigenvalue weighted by Crippen LogP contribution is -2.14. The molecule has 0 spiro atoms. The van der Waals surface area contributed by atoms with Gasteiger partial charge in [-0.15, -0.1) is 0 Å². The Labute approximate surface area is 108 Å².